The summed E-state index contributed by atoms with van der Waals surface area (Å²) < 4.78 is 5.80. The highest BCUT2D eigenvalue weighted by Crippen LogP contribution is 2.42. The van der Waals surface area contributed by atoms with Gasteiger partial charge in [-0.1, -0.05) is 31.4 Å². The van der Waals surface area contributed by atoms with Crippen LogP contribution in [0.2, 0.25) is 0 Å². The molecule has 0 N–H and O–H groups in total. The molecule has 0 aliphatic heterocycles. The van der Waals surface area contributed by atoms with Gasteiger partial charge in [0.1, 0.15) is 0 Å². The van der Waals surface area contributed by atoms with Crippen LogP contribution in [0.3, 0.4) is 0 Å². The van der Waals surface area contributed by atoms with E-state index < -0.39 is 0 Å². The first kappa shape index (κ1) is 16.6. The zero-order valence-corrected chi connectivity index (χ0v) is 14.9. The highest BCUT2D eigenvalue weighted by Gasteiger charge is 2.30. The van der Waals surface area contributed by atoms with E-state index in [4.69, 9.17) is 4.74 Å². The van der Waals surface area contributed by atoms with E-state index in [0.717, 1.165) is 30.3 Å². The van der Waals surface area contributed by atoms with Crippen molar-refractivity contribution < 1.29 is 4.74 Å². The summed E-state index contributed by atoms with van der Waals surface area (Å²) in [6, 6.07) is 0. The summed E-state index contributed by atoms with van der Waals surface area (Å²) in [5.74, 6) is 3.94. The molecule has 0 aromatic heterocycles. The highest BCUT2D eigenvalue weighted by molar-refractivity contribution is 5.12. The normalized spacial score (nSPS) is 40.3. The number of hydrogen-bond acceptors (Lipinski definition) is 1. The Morgan fingerprint density at radius 1 is 0.909 bits per heavy atom. The third-order valence-electron chi connectivity index (χ3n) is 6.81. The Kier molecular flexibility index (Phi) is 6.02. The van der Waals surface area contributed by atoms with Crippen LogP contribution in [0.5, 0.6) is 0 Å². The second-order valence-corrected chi connectivity index (χ2v) is 8.26. The molecule has 2 saturated carbocycles. The van der Waals surface area contributed by atoms with Gasteiger partial charge in [0.25, 0.3) is 0 Å². The molecule has 22 heavy (non-hydrogen) atoms. The van der Waals surface area contributed by atoms with Gasteiger partial charge in [0.05, 0.1) is 6.10 Å². The third-order valence-corrected chi connectivity index (χ3v) is 6.81. The Bertz CT molecular complexity index is 356. The average Bonchev–Trinajstić information content (AvgIpc) is 2.57. The summed E-state index contributed by atoms with van der Waals surface area (Å²) in [6.07, 6.45) is 18.8. The molecule has 3 aliphatic carbocycles. The molecule has 1 heteroatoms. The van der Waals surface area contributed by atoms with Crippen molar-refractivity contribution >= 4 is 0 Å². The molecule has 1 atom stereocenters. The lowest BCUT2D eigenvalue weighted by molar-refractivity contribution is 0.0286. The van der Waals surface area contributed by atoms with Gasteiger partial charge in [-0.3, -0.25) is 0 Å². The zero-order valence-electron chi connectivity index (χ0n) is 14.9. The van der Waals surface area contributed by atoms with Crippen molar-refractivity contribution in [1.29, 1.82) is 0 Å². The Morgan fingerprint density at radius 2 is 1.64 bits per heavy atom. The summed E-state index contributed by atoms with van der Waals surface area (Å²) in [5, 5.41) is 0. The molecular formula is C21H36O. The minimum Gasteiger partial charge on any atom is -0.379 e. The second-order valence-electron chi connectivity index (χ2n) is 8.26. The molecule has 0 heterocycles. The fourth-order valence-corrected chi connectivity index (χ4v) is 5.27. The van der Waals surface area contributed by atoms with E-state index in [1.807, 2.05) is 5.57 Å². The Hall–Kier alpha value is -0.300. The molecule has 2 fully saturated rings. The Labute approximate surface area is 137 Å². The first-order chi connectivity index (χ1) is 10.8. The molecule has 126 valence electrons. The Morgan fingerprint density at radius 3 is 2.23 bits per heavy atom. The topological polar surface area (TPSA) is 9.23 Å². The summed E-state index contributed by atoms with van der Waals surface area (Å²) >= 11 is 0. The smallest absolute Gasteiger partial charge is 0.0575 e. The monoisotopic (exact) mass is 304 g/mol. The number of hydrogen-bond donors (Lipinski definition) is 0. The first-order valence-electron chi connectivity index (χ1n) is 10.1. The quantitative estimate of drug-likeness (QED) is 0.567. The van der Waals surface area contributed by atoms with Crippen molar-refractivity contribution in [2.45, 2.75) is 90.6 Å². The van der Waals surface area contributed by atoms with Crippen LogP contribution in [-0.4, -0.2) is 12.7 Å². The van der Waals surface area contributed by atoms with E-state index in [1.165, 1.54) is 70.6 Å². The first-order valence-corrected chi connectivity index (χ1v) is 10.1. The van der Waals surface area contributed by atoms with Gasteiger partial charge in [0.15, 0.2) is 0 Å². The van der Waals surface area contributed by atoms with E-state index in [1.54, 1.807) is 0 Å². The molecule has 0 spiro atoms. The van der Waals surface area contributed by atoms with Gasteiger partial charge < -0.3 is 4.74 Å². The molecule has 0 aromatic carbocycles. The number of rotatable bonds is 4. The van der Waals surface area contributed by atoms with Gasteiger partial charge >= 0.3 is 0 Å². The van der Waals surface area contributed by atoms with Crippen molar-refractivity contribution in [3.8, 4) is 0 Å². The van der Waals surface area contributed by atoms with Gasteiger partial charge in [0.2, 0.25) is 0 Å². The van der Waals surface area contributed by atoms with Crippen LogP contribution >= 0.6 is 0 Å². The fraction of sp³-hybridized carbons (Fsp3) is 0.905. The van der Waals surface area contributed by atoms with Gasteiger partial charge in [-0.05, 0) is 88.4 Å². The lowest BCUT2D eigenvalue weighted by atomic mass is 9.69. The zero-order chi connectivity index (χ0) is 15.4. The summed E-state index contributed by atoms with van der Waals surface area (Å²) in [4.78, 5) is 0. The molecule has 0 bridgehead atoms. The standard InChI is InChI=1S/C21H36O/c1-3-22-21-14-12-20(13-15-21)19-10-8-18(9-11-19)17-6-4-16(2)5-7-17/h10,16-18,20-21H,3-9,11-15H2,1-2H3. The summed E-state index contributed by atoms with van der Waals surface area (Å²) in [7, 11) is 0. The average molecular weight is 305 g/mol. The van der Waals surface area contributed by atoms with E-state index in [9.17, 15) is 0 Å². The van der Waals surface area contributed by atoms with Crippen LogP contribution in [0.25, 0.3) is 0 Å². The summed E-state index contributed by atoms with van der Waals surface area (Å²) in [6.45, 7) is 5.45. The lowest BCUT2D eigenvalue weighted by Crippen LogP contribution is -2.26. The second kappa shape index (κ2) is 7.99. The van der Waals surface area contributed by atoms with Crippen LogP contribution < -0.4 is 0 Å². The van der Waals surface area contributed by atoms with Gasteiger partial charge in [-0.25, -0.2) is 0 Å². The number of allylic oxidation sites excluding steroid dienone is 2. The minimum atomic E-state index is 0.558. The molecular weight excluding hydrogens is 268 g/mol. The fourth-order valence-electron chi connectivity index (χ4n) is 5.27. The maximum atomic E-state index is 5.80. The van der Waals surface area contributed by atoms with Crippen LogP contribution in [0, 0.1) is 23.7 Å². The van der Waals surface area contributed by atoms with Crippen LogP contribution in [0.4, 0.5) is 0 Å². The molecule has 3 aliphatic rings. The molecule has 1 unspecified atom stereocenters. The van der Waals surface area contributed by atoms with Crippen molar-refractivity contribution in [3.05, 3.63) is 11.6 Å². The Balaban J connectivity index is 1.45. The lowest BCUT2D eigenvalue weighted by Gasteiger charge is -2.37. The molecule has 0 radical (unpaired) electrons. The molecule has 3 rings (SSSR count). The van der Waals surface area contributed by atoms with Crippen molar-refractivity contribution in [2.24, 2.45) is 23.7 Å². The minimum absolute atomic E-state index is 0.558. The highest BCUT2D eigenvalue weighted by atomic mass is 16.5. The van der Waals surface area contributed by atoms with Crippen LogP contribution in [0.15, 0.2) is 11.6 Å². The summed E-state index contributed by atoms with van der Waals surface area (Å²) in [5.41, 5.74) is 1.82. The third kappa shape index (κ3) is 4.16. The van der Waals surface area contributed by atoms with Crippen molar-refractivity contribution in [2.75, 3.05) is 6.61 Å². The van der Waals surface area contributed by atoms with E-state index >= 15 is 0 Å². The van der Waals surface area contributed by atoms with Crippen molar-refractivity contribution in [3.63, 3.8) is 0 Å². The SMILES string of the molecule is CCOC1CCC(C2=CCC(C3CCC(C)CC3)CC2)CC1. The van der Waals surface area contributed by atoms with Crippen LogP contribution in [-0.2, 0) is 4.74 Å². The van der Waals surface area contributed by atoms with Crippen molar-refractivity contribution in [1.82, 2.24) is 0 Å². The van der Waals surface area contributed by atoms with Gasteiger partial charge in [-0.15, -0.1) is 0 Å². The predicted octanol–water partition coefficient (Wildman–Crippen LogP) is 6.13. The van der Waals surface area contributed by atoms with Gasteiger partial charge in [-0.2, -0.15) is 0 Å². The van der Waals surface area contributed by atoms with E-state index in [2.05, 4.69) is 19.9 Å². The van der Waals surface area contributed by atoms with E-state index in [0.29, 0.717) is 6.10 Å². The molecule has 1 nitrogen and oxygen atoms in total. The predicted molar refractivity (Wildman–Crippen MR) is 93.9 cm³/mol. The van der Waals surface area contributed by atoms with Crippen LogP contribution in [0.1, 0.15) is 84.5 Å². The van der Waals surface area contributed by atoms with Gasteiger partial charge in [0, 0.05) is 6.61 Å². The largest absolute Gasteiger partial charge is 0.379 e. The molecule has 0 aromatic rings. The van der Waals surface area contributed by atoms with E-state index in [-0.39, 0.29) is 0 Å². The molecule has 0 saturated heterocycles. The maximum absolute atomic E-state index is 5.80. The number of ether oxygens (including phenoxy) is 1. The molecule has 0 amide bonds. The maximum Gasteiger partial charge on any atom is 0.0575 e.